The minimum Gasteiger partial charge on any atom is -0.493 e. The van der Waals surface area contributed by atoms with Crippen LogP contribution in [0.4, 0.5) is 0 Å². The Labute approximate surface area is 113 Å². The fraction of sp³-hybridized carbons (Fsp3) is 0.571. The summed E-state index contributed by atoms with van der Waals surface area (Å²) in [6.45, 7) is 2.06. The van der Waals surface area contributed by atoms with Crippen molar-refractivity contribution in [2.24, 2.45) is 11.8 Å². The first-order chi connectivity index (χ1) is 8.58. The van der Waals surface area contributed by atoms with Crippen molar-refractivity contribution in [2.75, 3.05) is 14.2 Å². The summed E-state index contributed by atoms with van der Waals surface area (Å²) < 4.78 is 10.4. The molecule has 2 unspecified atom stereocenters. The van der Waals surface area contributed by atoms with Crippen molar-refractivity contribution < 1.29 is 14.6 Å². The molecule has 0 heterocycles. The molecule has 1 fully saturated rings. The molecule has 1 aromatic carbocycles. The van der Waals surface area contributed by atoms with E-state index in [2.05, 4.69) is 6.92 Å². The second-order valence-corrected chi connectivity index (χ2v) is 5.28. The molecular weight excluding hydrogens is 252 g/mol. The predicted octanol–water partition coefficient (Wildman–Crippen LogP) is 3.44. The molecule has 1 aliphatic rings. The van der Waals surface area contributed by atoms with Gasteiger partial charge in [0.05, 0.1) is 25.3 Å². The average molecular weight is 271 g/mol. The number of ether oxygens (including phenoxy) is 2. The fourth-order valence-electron chi connectivity index (χ4n) is 2.26. The maximum atomic E-state index is 10.4. The van der Waals surface area contributed by atoms with Crippen molar-refractivity contribution in [1.29, 1.82) is 0 Å². The van der Waals surface area contributed by atoms with E-state index in [-0.39, 0.29) is 5.92 Å². The van der Waals surface area contributed by atoms with Crippen molar-refractivity contribution >= 4 is 11.6 Å². The zero-order chi connectivity index (χ0) is 13.3. The highest BCUT2D eigenvalue weighted by molar-refractivity contribution is 6.31. The quantitative estimate of drug-likeness (QED) is 0.891. The van der Waals surface area contributed by atoms with E-state index in [1.165, 1.54) is 12.8 Å². The molecule has 2 atom stereocenters. The average Bonchev–Trinajstić information content (AvgIpc) is 3.20. The highest BCUT2D eigenvalue weighted by atomic mass is 35.5. The van der Waals surface area contributed by atoms with Gasteiger partial charge in [0, 0.05) is 11.6 Å². The van der Waals surface area contributed by atoms with Gasteiger partial charge in [-0.25, -0.2) is 0 Å². The Hall–Kier alpha value is -0.930. The van der Waals surface area contributed by atoms with Crippen molar-refractivity contribution in [3.63, 3.8) is 0 Å². The molecule has 1 N–H and O–H groups in total. The van der Waals surface area contributed by atoms with E-state index in [1.54, 1.807) is 26.4 Å². The lowest BCUT2D eigenvalue weighted by molar-refractivity contribution is 0.105. The van der Waals surface area contributed by atoms with Crippen LogP contribution in [0.5, 0.6) is 11.5 Å². The summed E-state index contributed by atoms with van der Waals surface area (Å²) in [4.78, 5) is 0. The molecule has 0 amide bonds. The van der Waals surface area contributed by atoms with E-state index in [1.807, 2.05) is 0 Å². The number of benzene rings is 1. The van der Waals surface area contributed by atoms with Gasteiger partial charge in [-0.15, -0.1) is 0 Å². The molecular formula is C14H19ClO3. The first-order valence-electron chi connectivity index (χ1n) is 6.18. The number of halogens is 1. The molecule has 1 aliphatic carbocycles. The number of methoxy groups -OCH3 is 2. The zero-order valence-corrected chi connectivity index (χ0v) is 11.7. The van der Waals surface area contributed by atoms with E-state index in [0.29, 0.717) is 28.0 Å². The SMILES string of the molecule is COc1cc(Cl)c(C(O)C(C)C2CC2)cc1OC. The normalized spacial score (nSPS) is 18.3. The van der Waals surface area contributed by atoms with Gasteiger partial charge in [0.25, 0.3) is 0 Å². The van der Waals surface area contributed by atoms with Gasteiger partial charge in [0.1, 0.15) is 0 Å². The van der Waals surface area contributed by atoms with Crippen molar-refractivity contribution in [2.45, 2.75) is 25.9 Å². The maximum absolute atomic E-state index is 10.4. The summed E-state index contributed by atoms with van der Waals surface area (Å²) >= 11 is 6.21. The molecule has 0 aromatic heterocycles. The summed E-state index contributed by atoms with van der Waals surface area (Å²) in [6.07, 6.45) is 1.84. The minimum absolute atomic E-state index is 0.223. The lowest BCUT2D eigenvalue weighted by Crippen LogP contribution is -2.12. The fourth-order valence-corrected chi connectivity index (χ4v) is 2.53. The van der Waals surface area contributed by atoms with E-state index >= 15 is 0 Å². The lowest BCUT2D eigenvalue weighted by Gasteiger charge is -2.21. The Morgan fingerprint density at radius 2 is 1.78 bits per heavy atom. The number of hydrogen-bond donors (Lipinski definition) is 1. The summed E-state index contributed by atoms with van der Waals surface area (Å²) in [6, 6.07) is 3.46. The lowest BCUT2D eigenvalue weighted by atomic mass is 9.93. The van der Waals surface area contributed by atoms with Crippen LogP contribution in [0, 0.1) is 11.8 Å². The van der Waals surface area contributed by atoms with Crippen molar-refractivity contribution in [1.82, 2.24) is 0 Å². The third-order valence-electron chi connectivity index (χ3n) is 3.69. The molecule has 3 nitrogen and oxygen atoms in total. The van der Waals surface area contributed by atoms with Crippen LogP contribution in [-0.2, 0) is 0 Å². The molecule has 18 heavy (non-hydrogen) atoms. The third kappa shape index (κ3) is 2.57. The Balaban J connectivity index is 2.31. The zero-order valence-electron chi connectivity index (χ0n) is 10.9. The van der Waals surface area contributed by atoms with Gasteiger partial charge in [-0.3, -0.25) is 0 Å². The first kappa shape index (κ1) is 13.5. The van der Waals surface area contributed by atoms with Gasteiger partial charge in [-0.2, -0.15) is 0 Å². The van der Waals surface area contributed by atoms with Gasteiger partial charge in [-0.05, 0) is 30.7 Å². The third-order valence-corrected chi connectivity index (χ3v) is 4.01. The number of rotatable bonds is 5. The molecule has 1 aromatic rings. The van der Waals surface area contributed by atoms with Crippen molar-refractivity contribution in [3.05, 3.63) is 22.7 Å². The molecule has 4 heteroatoms. The van der Waals surface area contributed by atoms with E-state index < -0.39 is 6.10 Å². The molecule has 1 saturated carbocycles. The van der Waals surface area contributed by atoms with Crippen LogP contribution in [0.3, 0.4) is 0 Å². The maximum Gasteiger partial charge on any atom is 0.162 e. The standard InChI is InChI=1S/C14H19ClO3/c1-8(9-4-5-9)14(16)10-6-12(17-2)13(18-3)7-11(10)15/h6-9,14,16H,4-5H2,1-3H3. The smallest absolute Gasteiger partial charge is 0.162 e. The molecule has 100 valence electrons. The van der Waals surface area contributed by atoms with E-state index in [4.69, 9.17) is 21.1 Å². The Bertz CT molecular complexity index is 429. The number of aliphatic hydroxyl groups excluding tert-OH is 1. The van der Waals surface area contributed by atoms with Crippen LogP contribution in [0.1, 0.15) is 31.4 Å². The molecule has 0 bridgehead atoms. The summed E-state index contributed by atoms with van der Waals surface area (Å²) in [5.74, 6) is 2.02. The number of aliphatic hydroxyl groups is 1. The van der Waals surface area contributed by atoms with Crippen LogP contribution in [0.25, 0.3) is 0 Å². The topological polar surface area (TPSA) is 38.7 Å². The first-order valence-corrected chi connectivity index (χ1v) is 6.55. The second kappa shape index (κ2) is 5.37. The molecule has 0 saturated heterocycles. The van der Waals surface area contributed by atoms with Crippen LogP contribution in [0.15, 0.2) is 12.1 Å². The molecule has 0 aliphatic heterocycles. The van der Waals surface area contributed by atoms with Crippen molar-refractivity contribution in [3.8, 4) is 11.5 Å². The van der Waals surface area contributed by atoms with Gasteiger partial charge in [0.15, 0.2) is 11.5 Å². The number of hydrogen-bond acceptors (Lipinski definition) is 3. The molecule has 0 spiro atoms. The monoisotopic (exact) mass is 270 g/mol. The summed E-state index contributed by atoms with van der Waals surface area (Å²) in [7, 11) is 3.14. The molecule has 0 radical (unpaired) electrons. The Kier molecular flexibility index (Phi) is 4.03. The van der Waals surface area contributed by atoms with Gasteiger partial charge in [0.2, 0.25) is 0 Å². The predicted molar refractivity (Wildman–Crippen MR) is 71.4 cm³/mol. The minimum atomic E-state index is -0.551. The Morgan fingerprint density at radius 3 is 2.28 bits per heavy atom. The van der Waals surface area contributed by atoms with Crippen LogP contribution < -0.4 is 9.47 Å². The Morgan fingerprint density at radius 1 is 1.22 bits per heavy atom. The molecule has 2 rings (SSSR count). The van der Waals surface area contributed by atoms with E-state index in [9.17, 15) is 5.11 Å². The van der Waals surface area contributed by atoms with Gasteiger partial charge >= 0.3 is 0 Å². The largest absolute Gasteiger partial charge is 0.493 e. The van der Waals surface area contributed by atoms with Crippen LogP contribution in [0.2, 0.25) is 5.02 Å². The van der Waals surface area contributed by atoms with Gasteiger partial charge < -0.3 is 14.6 Å². The van der Waals surface area contributed by atoms with E-state index in [0.717, 1.165) is 0 Å². The van der Waals surface area contributed by atoms with Crippen LogP contribution in [-0.4, -0.2) is 19.3 Å². The summed E-state index contributed by atoms with van der Waals surface area (Å²) in [5, 5.41) is 10.9. The second-order valence-electron chi connectivity index (χ2n) is 4.87. The highest BCUT2D eigenvalue weighted by Gasteiger charge is 2.34. The highest BCUT2D eigenvalue weighted by Crippen LogP contribution is 2.45. The summed E-state index contributed by atoms with van der Waals surface area (Å²) in [5.41, 5.74) is 0.716. The van der Waals surface area contributed by atoms with Crippen LogP contribution >= 0.6 is 11.6 Å². The van der Waals surface area contributed by atoms with Gasteiger partial charge in [-0.1, -0.05) is 18.5 Å².